The molecule has 1 amide bonds. The molecule has 1 saturated heterocycles. The summed E-state index contributed by atoms with van der Waals surface area (Å²) in [4.78, 5) is 11.0. The Morgan fingerprint density at radius 3 is 2.37 bits per heavy atom. The summed E-state index contributed by atoms with van der Waals surface area (Å²) in [5, 5.41) is 2.42. The van der Waals surface area contributed by atoms with Gasteiger partial charge in [-0.2, -0.15) is 4.31 Å². The summed E-state index contributed by atoms with van der Waals surface area (Å²) in [7, 11) is -3.92. The van der Waals surface area contributed by atoms with Crippen molar-refractivity contribution in [2.24, 2.45) is 0 Å². The molecule has 6 nitrogen and oxygen atoms in total. The number of nitrogen functional groups attached to an aromatic ring is 1. The molecule has 1 aromatic carbocycles. The van der Waals surface area contributed by atoms with Gasteiger partial charge in [-0.1, -0.05) is 23.2 Å². The zero-order valence-electron chi connectivity index (χ0n) is 9.69. The fraction of sp³-hybridized carbons (Fsp3) is 0.300. The summed E-state index contributed by atoms with van der Waals surface area (Å²) in [6.45, 7) is 0.173. The van der Waals surface area contributed by atoms with Gasteiger partial charge in [0.05, 0.1) is 16.6 Å². The number of nitrogens with two attached hydrogens (primary N) is 1. The highest BCUT2D eigenvalue weighted by molar-refractivity contribution is 7.89. The normalized spacial score (nSPS) is 17.3. The Morgan fingerprint density at radius 1 is 1.26 bits per heavy atom. The van der Waals surface area contributed by atoms with Crippen LogP contribution in [0.5, 0.6) is 0 Å². The van der Waals surface area contributed by atoms with Crippen molar-refractivity contribution in [1.29, 1.82) is 0 Å². The predicted octanol–water partition coefficient (Wildman–Crippen LogP) is 0.696. The molecule has 3 N–H and O–H groups in total. The van der Waals surface area contributed by atoms with Crippen molar-refractivity contribution in [2.75, 3.05) is 25.4 Å². The van der Waals surface area contributed by atoms with Gasteiger partial charge in [0.25, 0.3) is 0 Å². The lowest BCUT2D eigenvalue weighted by molar-refractivity contribution is -0.122. The largest absolute Gasteiger partial charge is 0.399 e. The number of anilines is 1. The summed E-state index contributed by atoms with van der Waals surface area (Å²) in [6.07, 6.45) is 0. The van der Waals surface area contributed by atoms with E-state index in [1.165, 1.54) is 12.1 Å². The zero-order chi connectivity index (χ0) is 14.2. The van der Waals surface area contributed by atoms with E-state index in [1.54, 1.807) is 0 Å². The van der Waals surface area contributed by atoms with E-state index in [0.29, 0.717) is 0 Å². The minimum Gasteiger partial charge on any atom is -0.399 e. The standard InChI is InChI=1S/C10H11Cl2N3O3S/c11-7-3-6(13)4-8(12)10(7)19(17,18)15-2-1-14-9(16)5-15/h3-4H,1-2,5,13H2,(H,14,16). The number of nitrogens with one attached hydrogen (secondary N) is 1. The second-order valence-corrected chi connectivity index (χ2v) is 6.69. The van der Waals surface area contributed by atoms with E-state index in [-0.39, 0.29) is 46.2 Å². The number of piperazine rings is 1. The van der Waals surface area contributed by atoms with E-state index in [4.69, 9.17) is 28.9 Å². The van der Waals surface area contributed by atoms with Gasteiger partial charge in [0.15, 0.2) is 0 Å². The number of benzene rings is 1. The van der Waals surface area contributed by atoms with Crippen LogP contribution in [0.1, 0.15) is 0 Å². The van der Waals surface area contributed by atoms with Crippen LogP contribution in [0.4, 0.5) is 5.69 Å². The molecule has 0 aromatic heterocycles. The lowest BCUT2D eigenvalue weighted by atomic mass is 10.3. The second-order valence-electron chi connectivity index (χ2n) is 4.00. The Labute approximate surface area is 120 Å². The molecule has 9 heteroatoms. The first kappa shape index (κ1) is 14.4. The highest BCUT2D eigenvalue weighted by Gasteiger charge is 2.32. The molecular weight excluding hydrogens is 313 g/mol. The summed E-state index contributed by atoms with van der Waals surface area (Å²) in [6, 6.07) is 2.62. The topological polar surface area (TPSA) is 92.5 Å². The number of halogens is 2. The van der Waals surface area contributed by atoms with Gasteiger partial charge in [-0.25, -0.2) is 8.42 Å². The number of carbonyl (C=O) groups excluding carboxylic acids is 1. The lowest BCUT2D eigenvalue weighted by Crippen LogP contribution is -2.49. The molecule has 0 spiro atoms. The Bertz CT molecular complexity index is 610. The Morgan fingerprint density at radius 2 is 1.84 bits per heavy atom. The summed E-state index contributed by atoms with van der Waals surface area (Å²) in [5.41, 5.74) is 5.80. The summed E-state index contributed by atoms with van der Waals surface area (Å²) < 4.78 is 25.9. The number of rotatable bonds is 2. The molecule has 1 fully saturated rings. The van der Waals surface area contributed by atoms with Crippen LogP contribution >= 0.6 is 23.2 Å². The van der Waals surface area contributed by atoms with E-state index in [0.717, 1.165) is 4.31 Å². The van der Waals surface area contributed by atoms with E-state index >= 15 is 0 Å². The molecule has 0 atom stereocenters. The van der Waals surface area contributed by atoms with Crippen LogP contribution in [-0.2, 0) is 14.8 Å². The van der Waals surface area contributed by atoms with Crippen molar-refractivity contribution >= 4 is 44.8 Å². The lowest BCUT2D eigenvalue weighted by Gasteiger charge is -2.26. The number of hydrogen-bond donors (Lipinski definition) is 2. The molecule has 104 valence electrons. The second kappa shape index (κ2) is 5.16. The smallest absolute Gasteiger partial charge is 0.246 e. The van der Waals surface area contributed by atoms with Crippen LogP contribution in [-0.4, -0.2) is 38.3 Å². The predicted molar refractivity (Wildman–Crippen MR) is 72.6 cm³/mol. The van der Waals surface area contributed by atoms with Crippen LogP contribution in [0.3, 0.4) is 0 Å². The minimum absolute atomic E-state index is 0.0593. The number of sulfonamides is 1. The van der Waals surface area contributed by atoms with Crippen LogP contribution < -0.4 is 11.1 Å². The van der Waals surface area contributed by atoms with Gasteiger partial charge in [0.1, 0.15) is 4.90 Å². The number of amides is 1. The van der Waals surface area contributed by atoms with Crippen LogP contribution in [0, 0.1) is 0 Å². The number of nitrogens with zero attached hydrogens (tertiary/aromatic N) is 1. The van der Waals surface area contributed by atoms with Gasteiger partial charge in [-0.15, -0.1) is 0 Å². The Balaban J connectivity index is 2.48. The van der Waals surface area contributed by atoms with Crippen LogP contribution in [0.25, 0.3) is 0 Å². The summed E-state index contributed by atoms with van der Waals surface area (Å²) >= 11 is 11.8. The maximum atomic E-state index is 12.4. The Hall–Kier alpha value is -1.02. The maximum Gasteiger partial charge on any atom is 0.246 e. The van der Waals surface area contributed by atoms with E-state index in [1.807, 2.05) is 0 Å². The van der Waals surface area contributed by atoms with Gasteiger partial charge in [0.2, 0.25) is 15.9 Å². The van der Waals surface area contributed by atoms with Gasteiger partial charge in [0, 0.05) is 18.8 Å². The highest BCUT2D eigenvalue weighted by Crippen LogP contribution is 2.33. The molecule has 0 aliphatic carbocycles. The SMILES string of the molecule is Nc1cc(Cl)c(S(=O)(=O)N2CCNC(=O)C2)c(Cl)c1. The first-order valence-corrected chi connectivity index (χ1v) is 7.53. The molecule has 0 bridgehead atoms. The van der Waals surface area contributed by atoms with Crippen molar-refractivity contribution in [3.63, 3.8) is 0 Å². The third-order valence-corrected chi connectivity index (χ3v) is 5.39. The van der Waals surface area contributed by atoms with E-state index < -0.39 is 10.0 Å². The zero-order valence-corrected chi connectivity index (χ0v) is 12.0. The van der Waals surface area contributed by atoms with Crippen LogP contribution in [0.15, 0.2) is 17.0 Å². The third-order valence-electron chi connectivity index (χ3n) is 2.62. The minimum atomic E-state index is -3.92. The molecule has 1 heterocycles. The van der Waals surface area contributed by atoms with Crippen molar-refractivity contribution in [3.8, 4) is 0 Å². The van der Waals surface area contributed by atoms with E-state index in [2.05, 4.69) is 5.32 Å². The van der Waals surface area contributed by atoms with Gasteiger partial charge in [-0.05, 0) is 12.1 Å². The van der Waals surface area contributed by atoms with E-state index in [9.17, 15) is 13.2 Å². The van der Waals surface area contributed by atoms with Gasteiger partial charge < -0.3 is 11.1 Å². The van der Waals surface area contributed by atoms with Crippen molar-refractivity contribution < 1.29 is 13.2 Å². The highest BCUT2D eigenvalue weighted by atomic mass is 35.5. The quantitative estimate of drug-likeness (QED) is 0.783. The van der Waals surface area contributed by atoms with Crippen LogP contribution in [0.2, 0.25) is 10.0 Å². The molecule has 0 unspecified atom stereocenters. The van der Waals surface area contributed by atoms with Gasteiger partial charge >= 0.3 is 0 Å². The molecule has 1 aliphatic heterocycles. The monoisotopic (exact) mass is 323 g/mol. The fourth-order valence-electron chi connectivity index (χ4n) is 1.78. The van der Waals surface area contributed by atoms with Crippen molar-refractivity contribution in [2.45, 2.75) is 4.90 Å². The average Bonchev–Trinajstić information content (AvgIpc) is 2.26. The van der Waals surface area contributed by atoms with Crippen molar-refractivity contribution in [3.05, 3.63) is 22.2 Å². The molecule has 1 aliphatic rings. The number of hydrogen-bond acceptors (Lipinski definition) is 4. The van der Waals surface area contributed by atoms with Gasteiger partial charge in [-0.3, -0.25) is 4.79 Å². The summed E-state index contributed by atoms with van der Waals surface area (Å²) in [5.74, 6) is -0.363. The molecule has 0 saturated carbocycles. The maximum absolute atomic E-state index is 12.4. The Kier molecular flexibility index (Phi) is 3.91. The third kappa shape index (κ3) is 2.79. The molecule has 2 rings (SSSR count). The molecule has 19 heavy (non-hydrogen) atoms. The molecule has 1 aromatic rings. The first-order valence-electron chi connectivity index (χ1n) is 5.34. The molecule has 0 radical (unpaired) electrons. The average molecular weight is 324 g/mol. The first-order chi connectivity index (χ1) is 8.82. The number of carbonyl (C=O) groups is 1. The fourth-order valence-corrected chi connectivity index (χ4v) is 4.35. The van der Waals surface area contributed by atoms with Crippen molar-refractivity contribution in [1.82, 2.24) is 9.62 Å². The molecular formula is C10H11Cl2N3O3S.